The van der Waals surface area contributed by atoms with E-state index in [2.05, 4.69) is 4.98 Å². The molecule has 1 aromatic heterocycles. The van der Waals surface area contributed by atoms with Crippen LogP contribution < -0.4 is 0 Å². The molecule has 0 amide bonds. The van der Waals surface area contributed by atoms with Crippen molar-refractivity contribution < 1.29 is 4.79 Å². The van der Waals surface area contributed by atoms with E-state index in [1.54, 1.807) is 19.3 Å². The van der Waals surface area contributed by atoms with Gasteiger partial charge in [0.1, 0.15) is 0 Å². The number of pyridine rings is 1. The van der Waals surface area contributed by atoms with Crippen LogP contribution in [0, 0.1) is 0 Å². The van der Waals surface area contributed by atoms with Crippen LogP contribution in [0.3, 0.4) is 0 Å². The SMILES string of the molecule is CC(=O)/C(C)=C/c1ccncc1. The highest BCUT2D eigenvalue weighted by atomic mass is 16.1. The molecule has 1 heterocycles. The van der Waals surface area contributed by atoms with Crippen LogP contribution in [-0.2, 0) is 4.79 Å². The lowest BCUT2D eigenvalue weighted by Gasteiger charge is -1.94. The number of carbonyl (C=O) groups is 1. The number of aromatic nitrogens is 1. The highest BCUT2D eigenvalue weighted by molar-refractivity contribution is 5.97. The zero-order valence-corrected chi connectivity index (χ0v) is 7.24. The van der Waals surface area contributed by atoms with Gasteiger partial charge in [-0.05, 0) is 43.2 Å². The van der Waals surface area contributed by atoms with Crippen LogP contribution in [0.5, 0.6) is 0 Å². The first-order valence-corrected chi connectivity index (χ1v) is 3.79. The molecule has 0 radical (unpaired) electrons. The largest absolute Gasteiger partial charge is 0.295 e. The molecule has 0 unspecified atom stereocenters. The monoisotopic (exact) mass is 161 g/mol. The summed E-state index contributed by atoms with van der Waals surface area (Å²) in [6, 6.07) is 3.74. The van der Waals surface area contributed by atoms with Gasteiger partial charge in [-0.15, -0.1) is 0 Å². The van der Waals surface area contributed by atoms with Gasteiger partial charge >= 0.3 is 0 Å². The number of hydrogen-bond acceptors (Lipinski definition) is 2. The standard InChI is InChI=1S/C10H11NO/c1-8(9(2)12)7-10-3-5-11-6-4-10/h3-7H,1-2H3/b8-7+. The van der Waals surface area contributed by atoms with Crippen LogP contribution in [0.25, 0.3) is 6.08 Å². The van der Waals surface area contributed by atoms with E-state index in [-0.39, 0.29) is 5.78 Å². The Morgan fingerprint density at radius 2 is 1.92 bits per heavy atom. The van der Waals surface area contributed by atoms with Gasteiger partial charge in [0, 0.05) is 12.4 Å². The van der Waals surface area contributed by atoms with Gasteiger partial charge in [0.25, 0.3) is 0 Å². The van der Waals surface area contributed by atoms with E-state index in [1.807, 2.05) is 25.1 Å². The molecule has 1 aromatic rings. The van der Waals surface area contributed by atoms with Crippen LogP contribution in [0.15, 0.2) is 30.1 Å². The highest BCUT2D eigenvalue weighted by Crippen LogP contribution is 2.04. The predicted octanol–water partition coefficient (Wildman–Crippen LogP) is 2.07. The number of Topliss-reactive ketones (excluding diaryl/α,β-unsaturated/α-hetero) is 1. The van der Waals surface area contributed by atoms with Gasteiger partial charge in [0.2, 0.25) is 0 Å². The Morgan fingerprint density at radius 3 is 2.42 bits per heavy atom. The van der Waals surface area contributed by atoms with E-state index in [9.17, 15) is 4.79 Å². The van der Waals surface area contributed by atoms with E-state index in [4.69, 9.17) is 0 Å². The molecule has 0 spiro atoms. The third-order valence-electron chi connectivity index (χ3n) is 1.64. The van der Waals surface area contributed by atoms with Crippen molar-refractivity contribution in [2.75, 3.05) is 0 Å². The second kappa shape index (κ2) is 3.81. The molecule has 0 aliphatic rings. The first-order valence-electron chi connectivity index (χ1n) is 3.79. The Morgan fingerprint density at radius 1 is 1.33 bits per heavy atom. The van der Waals surface area contributed by atoms with Gasteiger partial charge < -0.3 is 0 Å². The van der Waals surface area contributed by atoms with E-state index >= 15 is 0 Å². The van der Waals surface area contributed by atoms with Crippen molar-refractivity contribution in [3.8, 4) is 0 Å². The van der Waals surface area contributed by atoms with Crippen LogP contribution in [-0.4, -0.2) is 10.8 Å². The van der Waals surface area contributed by atoms with Crippen molar-refractivity contribution in [2.24, 2.45) is 0 Å². The van der Waals surface area contributed by atoms with Crippen molar-refractivity contribution in [1.82, 2.24) is 4.98 Å². The third-order valence-corrected chi connectivity index (χ3v) is 1.64. The quantitative estimate of drug-likeness (QED) is 0.621. The topological polar surface area (TPSA) is 30.0 Å². The number of carbonyl (C=O) groups excluding carboxylic acids is 1. The van der Waals surface area contributed by atoms with Crippen LogP contribution >= 0.6 is 0 Å². The van der Waals surface area contributed by atoms with Crippen LogP contribution in [0.1, 0.15) is 19.4 Å². The minimum absolute atomic E-state index is 0.104. The first kappa shape index (κ1) is 8.65. The zero-order valence-electron chi connectivity index (χ0n) is 7.24. The molecule has 0 saturated carbocycles. The normalized spacial score (nSPS) is 11.3. The first-order chi connectivity index (χ1) is 5.70. The van der Waals surface area contributed by atoms with Gasteiger partial charge in [0.15, 0.2) is 5.78 Å². The van der Waals surface area contributed by atoms with Gasteiger partial charge in [0.05, 0.1) is 0 Å². The maximum atomic E-state index is 10.9. The number of allylic oxidation sites excluding steroid dienone is 1. The van der Waals surface area contributed by atoms with Crippen molar-refractivity contribution >= 4 is 11.9 Å². The summed E-state index contributed by atoms with van der Waals surface area (Å²) in [6.07, 6.45) is 5.27. The summed E-state index contributed by atoms with van der Waals surface area (Å²) < 4.78 is 0. The fourth-order valence-corrected chi connectivity index (χ4v) is 0.811. The molecule has 0 aromatic carbocycles. The Bertz CT molecular complexity index is 301. The summed E-state index contributed by atoms with van der Waals surface area (Å²) in [7, 11) is 0. The molecular weight excluding hydrogens is 150 g/mol. The van der Waals surface area contributed by atoms with Gasteiger partial charge in [-0.1, -0.05) is 0 Å². The zero-order chi connectivity index (χ0) is 8.97. The fraction of sp³-hybridized carbons (Fsp3) is 0.200. The third kappa shape index (κ3) is 2.31. The molecule has 2 heteroatoms. The summed E-state index contributed by atoms with van der Waals surface area (Å²) >= 11 is 0. The second-order valence-electron chi connectivity index (χ2n) is 2.66. The summed E-state index contributed by atoms with van der Waals surface area (Å²) in [5.41, 5.74) is 1.78. The lowest BCUT2D eigenvalue weighted by molar-refractivity contribution is -0.113. The predicted molar refractivity (Wildman–Crippen MR) is 48.6 cm³/mol. The van der Waals surface area contributed by atoms with E-state index in [0.29, 0.717) is 0 Å². The second-order valence-corrected chi connectivity index (χ2v) is 2.66. The van der Waals surface area contributed by atoms with Gasteiger partial charge in [-0.2, -0.15) is 0 Å². The molecular formula is C10H11NO. The Labute approximate surface area is 71.9 Å². The summed E-state index contributed by atoms with van der Waals surface area (Å²) in [6.45, 7) is 3.37. The Hall–Kier alpha value is -1.44. The van der Waals surface area contributed by atoms with Gasteiger partial charge in [-0.25, -0.2) is 0 Å². The summed E-state index contributed by atoms with van der Waals surface area (Å²) in [4.78, 5) is 14.7. The molecule has 12 heavy (non-hydrogen) atoms. The molecule has 0 N–H and O–H groups in total. The Balaban J connectivity index is 2.89. The molecule has 0 atom stereocenters. The molecule has 0 fully saturated rings. The van der Waals surface area contributed by atoms with E-state index in [1.165, 1.54) is 0 Å². The van der Waals surface area contributed by atoms with Crippen LogP contribution in [0.4, 0.5) is 0 Å². The lowest BCUT2D eigenvalue weighted by atomic mass is 10.1. The van der Waals surface area contributed by atoms with Crippen LogP contribution in [0.2, 0.25) is 0 Å². The molecule has 0 aliphatic carbocycles. The molecule has 2 nitrogen and oxygen atoms in total. The average Bonchev–Trinajstić information content (AvgIpc) is 2.06. The van der Waals surface area contributed by atoms with Crippen molar-refractivity contribution in [3.63, 3.8) is 0 Å². The molecule has 0 bridgehead atoms. The van der Waals surface area contributed by atoms with Crippen molar-refractivity contribution in [2.45, 2.75) is 13.8 Å². The number of hydrogen-bond donors (Lipinski definition) is 0. The van der Waals surface area contributed by atoms with E-state index in [0.717, 1.165) is 11.1 Å². The minimum atomic E-state index is 0.104. The van der Waals surface area contributed by atoms with Crippen molar-refractivity contribution in [1.29, 1.82) is 0 Å². The number of rotatable bonds is 2. The summed E-state index contributed by atoms with van der Waals surface area (Å²) in [5.74, 6) is 0.104. The lowest BCUT2D eigenvalue weighted by Crippen LogP contribution is -1.90. The van der Waals surface area contributed by atoms with E-state index < -0.39 is 0 Å². The number of ketones is 1. The smallest absolute Gasteiger partial charge is 0.155 e. The minimum Gasteiger partial charge on any atom is -0.295 e. The molecule has 62 valence electrons. The molecule has 0 saturated heterocycles. The highest BCUT2D eigenvalue weighted by Gasteiger charge is 1.95. The summed E-state index contributed by atoms with van der Waals surface area (Å²) in [5, 5.41) is 0. The van der Waals surface area contributed by atoms with Crippen molar-refractivity contribution in [3.05, 3.63) is 35.7 Å². The van der Waals surface area contributed by atoms with Gasteiger partial charge in [-0.3, -0.25) is 9.78 Å². The number of nitrogens with zero attached hydrogens (tertiary/aromatic N) is 1. The maximum Gasteiger partial charge on any atom is 0.155 e. The average molecular weight is 161 g/mol. The molecule has 0 aliphatic heterocycles. The fourth-order valence-electron chi connectivity index (χ4n) is 0.811. The molecule has 1 rings (SSSR count). The maximum absolute atomic E-state index is 10.9. The Kier molecular flexibility index (Phi) is 2.75.